The van der Waals surface area contributed by atoms with Gasteiger partial charge in [-0.1, -0.05) is 0 Å². The molecule has 302 valence electrons. The molecule has 0 bridgehead atoms. The van der Waals surface area contributed by atoms with E-state index in [4.69, 9.17) is 56.8 Å². The molecule has 1 aromatic carbocycles. The molecule has 0 fully saturated rings. The molecule has 52 heavy (non-hydrogen) atoms. The van der Waals surface area contributed by atoms with E-state index >= 15 is 0 Å². The van der Waals surface area contributed by atoms with Gasteiger partial charge >= 0.3 is 0 Å². The number of alkyl halides is 1. The molecule has 0 amide bonds. The second kappa shape index (κ2) is 36.6. The molecule has 19 nitrogen and oxygen atoms in total. The molecule has 0 saturated heterocycles. The summed E-state index contributed by atoms with van der Waals surface area (Å²) in [5, 5.41) is 24.8. The summed E-state index contributed by atoms with van der Waals surface area (Å²) in [7, 11) is 0. The fourth-order valence-corrected chi connectivity index (χ4v) is 3.77. The highest BCUT2D eigenvalue weighted by molar-refractivity contribution is 5.65. The lowest BCUT2D eigenvalue weighted by Gasteiger charge is -2.09. The van der Waals surface area contributed by atoms with Crippen molar-refractivity contribution >= 4 is 17.1 Å². The number of anilines is 1. The van der Waals surface area contributed by atoms with Crippen LogP contribution in [0.1, 0.15) is 0 Å². The van der Waals surface area contributed by atoms with E-state index in [0.29, 0.717) is 145 Å². The van der Waals surface area contributed by atoms with E-state index in [9.17, 15) is 24.6 Å². The van der Waals surface area contributed by atoms with Gasteiger partial charge < -0.3 is 62.2 Å². The van der Waals surface area contributed by atoms with Gasteiger partial charge in [0.05, 0.1) is 174 Å². The number of nitro groups is 2. The van der Waals surface area contributed by atoms with Crippen molar-refractivity contribution in [2.24, 2.45) is 0 Å². The van der Waals surface area contributed by atoms with Gasteiger partial charge in [-0.05, 0) is 6.07 Å². The average Bonchev–Trinajstić information content (AvgIpc) is 3.14. The third-order valence-corrected chi connectivity index (χ3v) is 6.26. The van der Waals surface area contributed by atoms with Crippen LogP contribution in [0.15, 0.2) is 18.2 Å². The quantitative estimate of drug-likeness (QED) is 0.0576. The summed E-state index contributed by atoms with van der Waals surface area (Å²) in [6.45, 7) is 9.83. The van der Waals surface area contributed by atoms with Crippen molar-refractivity contribution in [2.75, 3.05) is 177 Å². The fourth-order valence-electron chi connectivity index (χ4n) is 3.77. The zero-order chi connectivity index (χ0) is 37.6. The van der Waals surface area contributed by atoms with E-state index < -0.39 is 16.5 Å². The summed E-state index contributed by atoms with van der Waals surface area (Å²) in [6.07, 6.45) is 0. The van der Waals surface area contributed by atoms with Crippen molar-refractivity contribution < 1.29 is 71.1 Å². The lowest BCUT2D eigenvalue weighted by molar-refractivity contribution is -0.393. The Morgan fingerprint density at radius 3 is 1.00 bits per heavy atom. The minimum Gasteiger partial charge on any atom is -0.377 e. The molecular formula is C32H56FN3O16. The standard InChI is InChI=1S/C32H56FN3O16/c33-3-5-41-7-9-43-11-13-45-15-17-47-19-21-49-23-25-51-27-28-52-26-24-50-22-20-48-18-16-46-14-12-44-10-8-42-6-4-34-31-2-1-30(35(37)38)29-32(31)36(39)40/h1-2,29,34H,3-28H2. The lowest BCUT2D eigenvalue weighted by atomic mass is 10.2. The molecule has 0 aromatic heterocycles. The molecule has 0 radical (unpaired) electrons. The zero-order valence-electron chi connectivity index (χ0n) is 29.9. The van der Waals surface area contributed by atoms with Crippen LogP contribution in [0.5, 0.6) is 0 Å². The van der Waals surface area contributed by atoms with Crippen molar-refractivity contribution in [3.8, 4) is 0 Å². The molecule has 1 aromatic rings. The Balaban J connectivity index is 1.70. The average molecular weight is 758 g/mol. The summed E-state index contributed by atoms with van der Waals surface area (Å²) in [6, 6.07) is 3.42. The van der Waals surface area contributed by atoms with E-state index in [1.165, 1.54) is 12.1 Å². The molecule has 0 unspecified atom stereocenters. The first-order valence-electron chi connectivity index (χ1n) is 17.2. The minimum atomic E-state index is -0.684. The van der Waals surface area contributed by atoms with Gasteiger partial charge in [-0.25, -0.2) is 4.39 Å². The molecule has 0 atom stereocenters. The van der Waals surface area contributed by atoms with Crippen molar-refractivity contribution in [1.82, 2.24) is 0 Å². The van der Waals surface area contributed by atoms with Gasteiger partial charge in [0.25, 0.3) is 11.4 Å². The van der Waals surface area contributed by atoms with Crippen LogP contribution in [0.3, 0.4) is 0 Å². The number of hydrogen-bond acceptors (Lipinski definition) is 17. The Bertz CT molecular complexity index is 988. The summed E-state index contributed by atoms with van der Waals surface area (Å²) < 4.78 is 76.4. The van der Waals surface area contributed by atoms with Crippen molar-refractivity contribution in [1.29, 1.82) is 0 Å². The van der Waals surface area contributed by atoms with Crippen LogP contribution < -0.4 is 5.32 Å². The monoisotopic (exact) mass is 757 g/mol. The fraction of sp³-hybridized carbons (Fsp3) is 0.812. The Morgan fingerprint density at radius 2 is 0.731 bits per heavy atom. The van der Waals surface area contributed by atoms with Gasteiger partial charge in [-0.3, -0.25) is 20.2 Å². The molecular weight excluding hydrogens is 701 g/mol. The number of non-ortho nitro benzene ring substituents is 1. The Labute approximate surface area is 303 Å². The number of halogens is 1. The van der Waals surface area contributed by atoms with Gasteiger partial charge in [-0.15, -0.1) is 0 Å². The summed E-state index contributed by atoms with van der Waals surface area (Å²) in [5.74, 6) is 0. The number of nitrogens with zero attached hydrogens (tertiary/aromatic N) is 2. The van der Waals surface area contributed by atoms with E-state index in [0.717, 1.165) is 6.07 Å². The van der Waals surface area contributed by atoms with Crippen LogP contribution in [-0.2, 0) is 56.8 Å². The highest BCUT2D eigenvalue weighted by atomic mass is 19.1. The number of rotatable bonds is 41. The maximum atomic E-state index is 11.8. The van der Waals surface area contributed by atoms with E-state index in [-0.39, 0.29) is 36.8 Å². The topological polar surface area (TPSA) is 209 Å². The number of benzene rings is 1. The van der Waals surface area contributed by atoms with Gasteiger partial charge in [0.1, 0.15) is 12.4 Å². The Morgan fingerprint density at radius 1 is 0.442 bits per heavy atom. The SMILES string of the molecule is O=[N+]([O-])c1ccc(NCCOCCOCCOCCOCCOCCOCCOCCOCCOCCOCCOCCOCCF)c([N+](=O)[O-])c1. The normalized spacial score (nSPS) is 11.3. The lowest BCUT2D eigenvalue weighted by Crippen LogP contribution is -2.16. The van der Waals surface area contributed by atoms with E-state index in [1.807, 2.05) is 0 Å². The molecule has 20 heteroatoms. The van der Waals surface area contributed by atoms with Gasteiger partial charge in [0.15, 0.2) is 0 Å². The second-order valence-electron chi connectivity index (χ2n) is 10.2. The van der Waals surface area contributed by atoms with E-state index in [1.54, 1.807) is 0 Å². The van der Waals surface area contributed by atoms with E-state index in [2.05, 4.69) is 5.32 Å². The predicted octanol–water partition coefficient (Wildman–Crippen LogP) is 2.08. The summed E-state index contributed by atoms with van der Waals surface area (Å²) >= 11 is 0. The first-order chi connectivity index (χ1) is 25.6. The maximum absolute atomic E-state index is 11.8. The van der Waals surface area contributed by atoms with Crippen LogP contribution in [-0.4, -0.2) is 182 Å². The smallest absolute Gasteiger partial charge is 0.299 e. The van der Waals surface area contributed by atoms with Crippen LogP contribution in [0.2, 0.25) is 0 Å². The zero-order valence-corrected chi connectivity index (χ0v) is 29.9. The number of hydrogen-bond donors (Lipinski definition) is 1. The maximum Gasteiger partial charge on any atom is 0.299 e. The molecule has 0 spiro atoms. The Kier molecular flexibility index (Phi) is 33.3. The molecule has 1 N–H and O–H groups in total. The van der Waals surface area contributed by atoms with Gasteiger partial charge in [0.2, 0.25) is 0 Å². The second-order valence-corrected chi connectivity index (χ2v) is 10.2. The van der Waals surface area contributed by atoms with Gasteiger partial charge in [0, 0.05) is 12.6 Å². The largest absolute Gasteiger partial charge is 0.377 e. The van der Waals surface area contributed by atoms with Crippen LogP contribution in [0, 0.1) is 20.2 Å². The van der Waals surface area contributed by atoms with Crippen LogP contribution in [0.4, 0.5) is 21.5 Å². The van der Waals surface area contributed by atoms with Crippen molar-refractivity contribution in [3.05, 3.63) is 38.4 Å². The third kappa shape index (κ3) is 29.8. The van der Waals surface area contributed by atoms with Crippen molar-refractivity contribution in [3.63, 3.8) is 0 Å². The Hall–Kier alpha value is -2.73. The first kappa shape index (κ1) is 47.3. The summed E-state index contributed by atoms with van der Waals surface area (Å²) in [5.41, 5.74) is -0.537. The van der Waals surface area contributed by atoms with Gasteiger partial charge in [-0.2, -0.15) is 0 Å². The number of nitro benzene ring substituents is 2. The molecule has 1 rings (SSSR count). The molecule has 0 heterocycles. The minimum absolute atomic E-state index is 0.101. The highest BCUT2D eigenvalue weighted by Crippen LogP contribution is 2.28. The third-order valence-electron chi connectivity index (χ3n) is 6.26. The molecule has 0 aliphatic heterocycles. The van der Waals surface area contributed by atoms with Crippen molar-refractivity contribution in [2.45, 2.75) is 0 Å². The number of ether oxygens (including phenoxy) is 12. The molecule has 0 aliphatic rings. The predicted molar refractivity (Wildman–Crippen MR) is 184 cm³/mol. The molecule has 0 aliphatic carbocycles. The summed E-state index contributed by atoms with van der Waals surface area (Å²) in [4.78, 5) is 20.6. The number of nitrogens with one attached hydrogen (secondary N) is 1. The highest BCUT2D eigenvalue weighted by Gasteiger charge is 2.19. The first-order valence-corrected chi connectivity index (χ1v) is 17.2. The molecule has 0 saturated carbocycles. The van der Waals surface area contributed by atoms with Crippen LogP contribution >= 0.6 is 0 Å². The van der Waals surface area contributed by atoms with Crippen LogP contribution in [0.25, 0.3) is 0 Å².